The molecule has 0 aliphatic carbocycles. The Kier molecular flexibility index (Phi) is 3.21. The number of ether oxygens (including phenoxy) is 1. The molecule has 1 fully saturated rings. The van der Waals surface area contributed by atoms with Gasteiger partial charge < -0.3 is 14.6 Å². The van der Waals surface area contributed by atoms with Crippen LogP contribution in [0.15, 0.2) is 24.4 Å². The largest absolute Gasteiger partial charge is 0.378 e. The van der Waals surface area contributed by atoms with E-state index in [1.807, 2.05) is 6.07 Å². The molecule has 0 saturated carbocycles. The molecule has 0 bridgehead atoms. The first-order valence-corrected chi connectivity index (χ1v) is 6.35. The van der Waals surface area contributed by atoms with Crippen molar-refractivity contribution in [1.29, 1.82) is 0 Å². The van der Waals surface area contributed by atoms with Crippen molar-refractivity contribution >= 4 is 16.8 Å². The van der Waals surface area contributed by atoms with E-state index in [4.69, 9.17) is 4.74 Å². The molecule has 1 aliphatic rings. The maximum atomic E-state index is 13.5. The van der Waals surface area contributed by atoms with Gasteiger partial charge in [-0.1, -0.05) is 12.1 Å². The molecule has 100 valence electrons. The van der Waals surface area contributed by atoms with E-state index in [-0.39, 0.29) is 11.7 Å². The van der Waals surface area contributed by atoms with Crippen LogP contribution < -0.4 is 0 Å². The number of halogens is 1. The van der Waals surface area contributed by atoms with E-state index in [2.05, 4.69) is 4.98 Å². The second-order valence-electron chi connectivity index (χ2n) is 4.65. The fraction of sp³-hybridized carbons (Fsp3) is 0.357. The van der Waals surface area contributed by atoms with E-state index in [1.165, 1.54) is 6.07 Å². The highest BCUT2D eigenvalue weighted by atomic mass is 19.1. The standard InChI is InChI=1S/C14H15FN2O2/c15-12-3-1-2-11-10(9-16-14(11)12)8-13(18)17-4-6-19-7-5-17/h1-3,9,16H,4-8H2. The summed E-state index contributed by atoms with van der Waals surface area (Å²) >= 11 is 0. The summed E-state index contributed by atoms with van der Waals surface area (Å²) in [7, 11) is 0. The van der Waals surface area contributed by atoms with Crippen LogP contribution in [0.1, 0.15) is 5.56 Å². The van der Waals surface area contributed by atoms with Crippen molar-refractivity contribution in [1.82, 2.24) is 9.88 Å². The normalized spacial score (nSPS) is 15.9. The van der Waals surface area contributed by atoms with Crippen LogP contribution >= 0.6 is 0 Å². The van der Waals surface area contributed by atoms with Gasteiger partial charge >= 0.3 is 0 Å². The molecule has 4 nitrogen and oxygen atoms in total. The molecule has 1 amide bonds. The van der Waals surface area contributed by atoms with Crippen molar-refractivity contribution in [3.63, 3.8) is 0 Å². The number of benzene rings is 1. The molecular formula is C14H15FN2O2. The highest BCUT2D eigenvalue weighted by Crippen LogP contribution is 2.21. The van der Waals surface area contributed by atoms with Crippen LogP contribution in [-0.4, -0.2) is 42.1 Å². The van der Waals surface area contributed by atoms with Crippen molar-refractivity contribution in [3.8, 4) is 0 Å². The Bertz CT molecular complexity index is 603. The van der Waals surface area contributed by atoms with E-state index in [0.29, 0.717) is 38.2 Å². The molecule has 0 unspecified atom stereocenters. The Labute approximate surface area is 110 Å². The summed E-state index contributed by atoms with van der Waals surface area (Å²) in [6, 6.07) is 4.90. The number of hydrogen-bond donors (Lipinski definition) is 1. The summed E-state index contributed by atoms with van der Waals surface area (Å²) in [4.78, 5) is 16.8. The minimum atomic E-state index is -0.289. The Balaban J connectivity index is 1.81. The highest BCUT2D eigenvalue weighted by molar-refractivity contribution is 5.89. The SMILES string of the molecule is O=C(Cc1c[nH]c2c(F)cccc12)N1CCOCC1. The number of hydrogen-bond acceptors (Lipinski definition) is 2. The molecule has 1 aromatic carbocycles. The van der Waals surface area contributed by atoms with Gasteiger partial charge in [0.05, 0.1) is 25.2 Å². The van der Waals surface area contributed by atoms with Crippen LogP contribution in [0.5, 0.6) is 0 Å². The first-order valence-electron chi connectivity index (χ1n) is 6.35. The Morgan fingerprint density at radius 2 is 2.16 bits per heavy atom. The number of nitrogens with one attached hydrogen (secondary N) is 1. The van der Waals surface area contributed by atoms with Gasteiger partial charge in [-0.2, -0.15) is 0 Å². The lowest BCUT2D eigenvalue weighted by Gasteiger charge is -2.26. The lowest BCUT2D eigenvalue weighted by molar-refractivity contribution is -0.134. The van der Waals surface area contributed by atoms with Gasteiger partial charge in [-0.15, -0.1) is 0 Å². The van der Waals surface area contributed by atoms with Gasteiger partial charge in [0.15, 0.2) is 0 Å². The predicted molar refractivity (Wildman–Crippen MR) is 69.4 cm³/mol. The zero-order chi connectivity index (χ0) is 13.2. The van der Waals surface area contributed by atoms with Crippen molar-refractivity contribution in [2.75, 3.05) is 26.3 Å². The number of nitrogens with zero attached hydrogens (tertiary/aromatic N) is 1. The molecule has 1 aromatic heterocycles. The first-order chi connectivity index (χ1) is 9.25. The molecule has 19 heavy (non-hydrogen) atoms. The van der Waals surface area contributed by atoms with Gasteiger partial charge in [0.1, 0.15) is 5.82 Å². The number of carbonyl (C=O) groups is 1. The van der Waals surface area contributed by atoms with Crippen LogP contribution in [0.2, 0.25) is 0 Å². The Hall–Kier alpha value is -1.88. The minimum absolute atomic E-state index is 0.0634. The van der Waals surface area contributed by atoms with E-state index in [1.54, 1.807) is 17.2 Å². The average Bonchev–Trinajstić information content (AvgIpc) is 2.84. The van der Waals surface area contributed by atoms with Crippen LogP contribution in [0, 0.1) is 5.82 Å². The topological polar surface area (TPSA) is 45.3 Å². The van der Waals surface area contributed by atoms with E-state index in [0.717, 1.165) is 10.9 Å². The number of carbonyl (C=O) groups excluding carboxylic acids is 1. The van der Waals surface area contributed by atoms with Crippen LogP contribution in [-0.2, 0) is 16.0 Å². The van der Waals surface area contributed by atoms with Gasteiger partial charge in [0.2, 0.25) is 5.91 Å². The quantitative estimate of drug-likeness (QED) is 0.895. The third kappa shape index (κ3) is 2.33. The maximum absolute atomic E-state index is 13.5. The third-order valence-corrected chi connectivity index (χ3v) is 3.46. The van der Waals surface area contributed by atoms with Gasteiger partial charge in [-0.25, -0.2) is 4.39 Å². The maximum Gasteiger partial charge on any atom is 0.227 e. The number of para-hydroxylation sites is 1. The second kappa shape index (κ2) is 5.01. The number of amides is 1. The van der Waals surface area contributed by atoms with Crippen LogP contribution in [0.25, 0.3) is 10.9 Å². The fourth-order valence-corrected chi connectivity index (χ4v) is 2.41. The third-order valence-electron chi connectivity index (χ3n) is 3.46. The summed E-state index contributed by atoms with van der Waals surface area (Å²) in [5, 5.41) is 0.779. The number of aromatic nitrogens is 1. The predicted octanol–water partition coefficient (Wildman–Crippen LogP) is 1.71. The zero-order valence-electron chi connectivity index (χ0n) is 10.5. The number of aromatic amines is 1. The summed E-state index contributed by atoms with van der Waals surface area (Å²) in [6.45, 7) is 2.45. The molecule has 2 heterocycles. The molecule has 0 atom stereocenters. The molecule has 1 saturated heterocycles. The molecule has 0 spiro atoms. The molecule has 1 aliphatic heterocycles. The van der Waals surface area contributed by atoms with Crippen molar-refractivity contribution < 1.29 is 13.9 Å². The molecular weight excluding hydrogens is 247 g/mol. The Morgan fingerprint density at radius 1 is 1.37 bits per heavy atom. The molecule has 5 heteroatoms. The summed E-state index contributed by atoms with van der Waals surface area (Å²) in [5.41, 5.74) is 1.30. The smallest absolute Gasteiger partial charge is 0.227 e. The summed E-state index contributed by atoms with van der Waals surface area (Å²) < 4.78 is 18.8. The lowest BCUT2D eigenvalue weighted by Crippen LogP contribution is -2.41. The minimum Gasteiger partial charge on any atom is -0.378 e. The van der Waals surface area contributed by atoms with Crippen LogP contribution in [0.4, 0.5) is 4.39 Å². The van der Waals surface area contributed by atoms with Gasteiger partial charge in [0, 0.05) is 24.7 Å². The Morgan fingerprint density at radius 3 is 2.95 bits per heavy atom. The van der Waals surface area contributed by atoms with Crippen LogP contribution in [0.3, 0.4) is 0 Å². The number of morpholine rings is 1. The molecule has 1 N–H and O–H groups in total. The monoisotopic (exact) mass is 262 g/mol. The van der Waals surface area contributed by atoms with Gasteiger partial charge in [-0.3, -0.25) is 4.79 Å². The first kappa shape index (κ1) is 12.2. The van der Waals surface area contributed by atoms with E-state index < -0.39 is 0 Å². The summed E-state index contributed by atoms with van der Waals surface area (Å²) in [6.07, 6.45) is 2.01. The highest BCUT2D eigenvalue weighted by Gasteiger charge is 2.18. The lowest BCUT2D eigenvalue weighted by atomic mass is 10.1. The van der Waals surface area contributed by atoms with Crippen molar-refractivity contribution in [2.24, 2.45) is 0 Å². The second-order valence-corrected chi connectivity index (χ2v) is 4.65. The molecule has 3 rings (SSSR count). The molecule has 0 radical (unpaired) electrons. The van der Waals surface area contributed by atoms with Gasteiger partial charge in [-0.05, 0) is 11.6 Å². The summed E-state index contributed by atoms with van der Waals surface area (Å²) in [5.74, 6) is -0.226. The van der Waals surface area contributed by atoms with E-state index >= 15 is 0 Å². The molecule has 2 aromatic rings. The number of rotatable bonds is 2. The zero-order valence-corrected chi connectivity index (χ0v) is 10.5. The fourth-order valence-electron chi connectivity index (χ4n) is 2.41. The van der Waals surface area contributed by atoms with Crippen molar-refractivity contribution in [2.45, 2.75) is 6.42 Å². The van der Waals surface area contributed by atoms with Gasteiger partial charge in [0.25, 0.3) is 0 Å². The number of fused-ring (bicyclic) bond motifs is 1. The van der Waals surface area contributed by atoms with Crippen molar-refractivity contribution in [3.05, 3.63) is 35.8 Å². The van der Waals surface area contributed by atoms with E-state index in [9.17, 15) is 9.18 Å². The number of H-pyrrole nitrogens is 1. The average molecular weight is 262 g/mol.